The summed E-state index contributed by atoms with van der Waals surface area (Å²) in [5.74, 6) is -0.274. The van der Waals surface area contributed by atoms with E-state index in [1.807, 2.05) is 6.92 Å². The van der Waals surface area contributed by atoms with Crippen LogP contribution in [0.5, 0.6) is 0 Å². The van der Waals surface area contributed by atoms with Crippen molar-refractivity contribution in [3.05, 3.63) is 29.3 Å². The van der Waals surface area contributed by atoms with Gasteiger partial charge in [0.2, 0.25) is 0 Å². The van der Waals surface area contributed by atoms with Gasteiger partial charge in [0.25, 0.3) is 0 Å². The largest absolute Gasteiger partial charge is 0.480 e. The van der Waals surface area contributed by atoms with Gasteiger partial charge in [-0.25, -0.2) is 4.79 Å². The molecular formula is C17H25NO2. The van der Waals surface area contributed by atoms with Crippen LogP contribution in [0.15, 0.2) is 18.2 Å². The predicted octanol–water partition coefficient (Wildman–Crippen LogP) is 3.95. The fraction of sp³-hybridized carbons (Fsp3) is 0.588. The van der Waals surface area contributed by atoms with E-state index in [1.165, 1.54) is 11.1 Å². The van der Waals surface area contributed by atoms with Crippen LogP contribution in [0, 0.1) is 6.92 Å². The molecule has 1 aromatic carbocycles. The number of carbonyl (C=O) groups is 1. The van der Waals surface area contributed by atoms with Crippen LogP contribution in [0.1, 0.15) is 57.6 Å². The zero-order chi connectivity index (χ0) is 15.1. The second kappa shape index (κ2) is 5.12. The first-order chi connectivity index (χ1) is 9.27. The molecule has 1 aliphatic heterocycles. The molecule has 0 saturated carbocycles. The number of hydrogen-bond donors (Lipinski definition) is 1. The van der Waals surface area contributed by atoms with Crippen LogP contribution in [0.2, 0.25) is 0 Å². The Hall–Kier alpha value is -1.51. The second-order valence-electron chi connectivity index (χ2n) is 6.61. The molecule has 0 saturated heterocycles. The second-order valence-corrected chi connectivity index (χ2v) is 6.61. The molecule has 2 atom stereocenters. The van der Waals surface area contributed by atoms with Gasteiger partial charge in [0, 0.05) is 11.2 Å². The highest BCUT2D eigenvalue weighted by atomic mass is 16.4. The van der Waals surface area contributed by atoms with Crippen molar-refractivity contribution in [1.29, 1.82) is 0 Å². The lowest BCUT2D eigenvalue weighted by Gasteiger charge is -2.50. The number of carboxylic acid groups (broad SMARTS) is 1. The Balaban J connectivity index is 2.59. The van der Waals surface area contributed by atoms with Crippen LogP contribution >= 0.6 is 0 Å². The summed E-state index contributed by atoms with van der Waals surface area (Å²) < 4.78 is 0. The molecule has 0 aromatic heterocycles. The van der Waals surface area contributed by atoms with Gasteiger partial charge in [-0.05, 0) is 51.2 Å². The summed E-state index contributed by atoms with van der Waals surface area (Å²) in [5.41, 5.74) is 3.47. The minimum atomic E-state index is -0.735. The van der Waals surface area contributed by atoms with E-state index in [0.29, 0.717) is 12.3 Å². The lowest BCUT2D eigenvalue weighted by atomic mass is 9.78. The molecule has 0 aliphatic carbocycles. The first-order valence-corrected chi connectivity index (χ1v) is 7.40. The monoisotopic (exact) mass is 275 g/mol. The summed E-state index contributed by atoms with van der Waals surface area (Å²) >= 11 is 0. The number of fused-ring (bicyclic) bond motifs is 1. The van der Waals surface area contributed by atoms with Gasteiger partial charge in [0.15, 0.2) is 0 Å². The number of hydrogen-bond acceptors (Lipinski definition) is 2. The molecule has 3 heteroatoms. The van der Waals surface area contributed by atoms with Gasteiger partial charge < -0.3 is 10.0 Å². The molecule has 0 bridgehead atoms. The molecule has 110 valence electrons. The molecule has 0 unspecified atom stereocenters. The maximum Gasteiger partial charge on any atom is 0.326 e. The summed E-state index contributed by atoms with van der Waals surface area (Å²) in [6.07, 6.45) is 1.59. The van der Waals surface area contributed by atoms with Crippen LogP contribution in [-0.4, -0.2) is 22.7 Å². The fourth-order valence-electron chi connectivity index (χ4n) is 3.63. The lowest BCUT2D eigenvalue weighted by Crippen LogP contribution is -2.56. The van der Waals surface area contributed by atoms with E-state index in [9.17, 15) is 9.90 Å². The molecule has 3 nitrogen and oxygen atoms in total. The Kier molecular flexibility index (Phi) is 3.81. The third-order valence-electron chi connectivity index (χ3n) is 4.41. The van der Waals surface area contributed by atoms with Crippen molar-refractivity contribution < 1.29 is 9.90 Å². The highest BCUT2D eigenvalue weighted by molar-refractivity contribution is 5.80. The number of aliphatic carboxylic acids is 1. The molecule has 0 amide bonds. The van der Waals surface area contributed by atoms with Crippen LogP contribution in [-0.2, 0) is 4.79 Å². The first kappa shape index (κ1) is 14.9. The van der Waals surface area contributed by atoms with E-state index in [0.717, 1.165) is 12.1 Å². The molecular weight excluding hydrogens is 250 g/mol. The Bertz CT molecular complexity index is 522. The van der Waals surface area contributed by atoms with Crippen LogP contribution in [0.4, 0.5) is 5.69 Å². The maximum atomic E-state index is 11.6. The van der Waals surface area contributed by atoms with Crippen molar-refractivity contribution in [3.8, 4) is 0 Å². The SMILES string of the molecule is CC[C@H](C(=O)O)N1c2ccc(C)cc2[C@@H](C)CC1(C)C. The third kappa shape index (κ3) is 2.41. The number of rotatable bonds is 3. The number of nitrogens with zero attached hydrogens (tertiary/aromatic N) is 1. The van der Waals surface area contributed by atoms with E-state index >= 15 is 0 Å². The van der Waals surface area contributed by atoms with Gasteiger partial charge in [-0.2, -0.15) is 0 Å². The molecule has 1 N–H and O–H groups in total. The molecule has 0 fully saturated rings. The highest BCUT2D eigenvalue weighted by Gasteiger charge is 2.41. The van der Waals surface area contributed by atoms with E-state index < -0.39 is 12.0 Å². The van der Waals surface area contributed by atoms with Gasteiger partial charge in [0.1, 0.15) is 6.04 Å². The van der Waals surface area contributed by atoms with E-state index in [2.05, 4.69) is 50.8 Å². The van der Waals surface area contributed by atoms with Crippen LogP contribution in [0.3, 0.4) is 0 Å². The molecule has 1 aliphatic rings. The van der Waals surface area contributed by atoms with Crippen molar-refractivity contribution in [1.82, 2.24) is 0 Å². The summed E-state index contributed by atoms with van der Waals surface area (Å²) in [7, 11) is 0. The average Bonchev–Trinajstić information content (AvgIpc) is 2.33. The van der Waals surface area contributed by atoms with Crippen LogP contribution < -0.4 is 4.90 Å². The molecule has 20 heavy (non-hydrogen) atoms. The minimum Gasteiger partial charge on any atom is -0.480 e. The number of carboxylic acids is 1. The number of aryl methyl sites for hydroxylation is 1. The third-order valence-corrected chi connectivity index (χ3v) is 4.41. The van der Waals surface area contributed by atoms with Crippen molar-refractivity contribution in [2.45, 2.75) is 65.0 Å². The maximum absolute atomic E-state index is 11.6. The number of benzene rings is 1. The Labute approximate surface area is 121 Å². The number of anilines is 1. The highest BCUT2D eigenvalue weighted by Crippen LogP contribution is 2.45. The Morgan fingerprint density at radius 1 is 1.50 bits per heavy atom. The molecule has 1 heterocycles. The van der Waals surface area contributed by atoms with Gasteiger partial charge >= 0.3 is 5.97 Å². The topological polar surface area (TPSA) is 40.5 Å². The summed E-state index contributed by atoms with van der Waals surface area (Å²) in [6.45, 7) is 10.6. The van der Waals surface area contributed by atoms with E-state index in [1.54, 1.807) is 0 Å². The molecule has 0 spiro atoms. The van der Waals surface area contributed by atoms with Crippen LogP contribution in [0.25, 0.3) is 0 Å². The summed E-state index contributed by atoms with van der Waals surface area (Å²) in [6, 6.07) is 5.91. The van der Waals surface area contributed by atoms with Crippen molar-refractivity contribution >= 4 is 11.7 Å². The predicted molar refractivity (Wildman–Crippen MR) is 82.5 cm³/mol. The Morgan fingerprint density at radius 2 is 2.15 bits per heavy atom. The van der Waals surface area contributed by atoms with E-state index in [-0.39, 0.29) is 5.54 Å². The van der Waals surface area contributed by atoms with Gasteiger partial charge in [0.05, 0.1) is 0 Å². The molecule has 1 aromatic rings. The minimum absolute atomic E-state index is 0.138. The Morgan fingerprint density at radius 3 is 2.70 bits per heavy atom. The molecule has 2 rings (SSSR count). The van der Waals surface area contributed by atoms with Crippen molar-refractivity contribution in [2.75, 3.05) is 4.90 Å². The van der Waals surface area contributed by atoms with Gasteiger partial charge in [-0.3, -0.25) is 0 Å². The summed E-state index contributed by atoms with van der Waals surface area (Å²) in [4.78, 5) is 13.7. The smallest absolute Gasteiger partial charge is 0.326 e. The quantitative estimate of drug-likeness (QED) is 0.908. The standard InChI is InChI=1S/C17H25NO2/c1-6-14(16(19)20)18-15-8-7-11(2)9-13(15)12(3)10-17(18,4)5/h7-9,12,14H,6,10H2,1-5H3,(H,19,20)/t12-,14+/m0/s1. The first-order valence-electron chi connectivity index (χ1n) is 7.40. The average molecular weight is 275 g/mol. The van der Waals surface area contributed by atoms with E-state index in [4.69, 9.17) is 0 Å². The molecule has 0 radical (unpaired) electrons. The lowest BCUT2D eigenvalue weighted by molar-refractivity contribution is -0.139. The van der Waals surface area contributed by atoms with Crippen molar-refractivity contribution in [2.24, 2.45) is 0 Å². The van der Waals surface area contributed by atoms with Crippen molar-refractivity contribution in [3.63, 3.8) is 0 Å². The zero-order valence-corrected chi connectivity index (χ0v) is 13.1. The van der Waals surface area contributed by atoms with Gasteiger partial charge in [-0.15, -0.1) is 0 Å². The van der Waals surface area contributed by atoms with Gasteiger partial charge in [-0.1, -0.05) is 31.5 Å². The normalized spacial score (nSPS) is 22.2. The zero-order valence-electron chi connectivity index (χ0n) is 13.1. The summed E-state index contributed by atoms with van der Waals surface area (Å²) in [5, 5.41) is 9.56. The fourth-order valence-corrected chi connectivity index (χ4v) is 3.63.